The average Bonchev–Trinajstić information content (AvgIpc) is 3.20. The van der Waals surface area contributed by atoms with Crippen molar-refractivity contribution in [2.45, 2.75) is 77.9 Å². The molecule has 0 aliphatic heterocycles. The minimum absolute atomic E-state index is 0.0967. The van der Waals surface area contributed by atoms with E-state index < -0.39 is 0 Å². The molecule has 0 heterocycles. The Kier molecular flexibility index (Phi) is 8.15. The lowest BCUT2D eigenvalue weighted by atomic mass is 10.2. The normalized spacial score (nSPS) is 16.7. The highest BCUT2D eigenvalue weighted by molar-refractivity contribution is 5.76. The minimum atomic E-state index is -0.175. The van der Waals surface area contributed by atoms with E-state index in [2.05, 4.69) is 31.0 Å². The van der Waals surface area contributed by atoms with Crippen molar-refractivity contribution < 1.29 is 9.53 Å². The van der Waals surface area contributed by atoms with Gasteiger partial charge in [0.25, 0.3) is 0 Å². The van der Waals surface area contributed by atoms with E-state index in [-0.39, 0.29) is 12.0 Å². The van der Waals surface area contributed by atoms with Crippen LogP contribution >= 0.6 is 0 Å². The molecule has 1 rings (SSSR count). The zero-order valence-corrected chi connectivity index (χ0v) is 13.7. The van der Waals surface area contributed by atoms with Gasteiger partial charge < -0.3 is 10.1 Å². The lowest BCUT2D eigenvalue weighted by Gasteiger charge is -2.30. The van der Waals surface area contributed by atoms with Crippen LogP contribution in [-0.4, -0.2) is 48.7 Å². The second-order valence-corrected chi connectivity index (χ2v) is 6.04. The summed E-state index contributed by atoms with van der Waals surface area (Å²) in [4.78, 5) is 14.5. The number of carbonyl (C=O) groups excluding carboxylic acids is 1. The van der Waals surface area contributed by atoms with Crippen LogP contribution in [0, 0.1) is 0 Å². The van der Waals surface area contributed by atoms with E-state index in [1.165, 1.54) is 32.1 Å². The standard InChI is InChI=1S/C16H32N2O2/c1-5-7-8-11-18(13(3)4)12-15(16(19)20-6-2)17-14-9-10-14/h13-15,17H,5-12H2,1-4H3. The number of esters is 1. The highest BCUT2D eigenvalue weighted by Crippen LogP contribution is 2.20. The van der Waals surface area contributed by atoms with Gasteiger partial charge in [0.05, 0.1) is 6.61 Å². The van der Waals surface area contributed by atoms with Gasteiger partial charge in [-0.05, 0) is 46.6 Å². The van der Waals surface area contributed by atoms with Gasteiger partial charge in [-0.25, -0.2) is 0 Å². The van der Waals surface area contributed by atoms with Gasteiger partial charge in [0.2, 0.25) is 0 Å². The van der Waals surface area contributed by atoms with Gasteiger partial charge in [0.15, 0.2) is 0 Å². The summed E-state index contributed by atoms with van der Waals surface area (Å²) in [5.74, 6) is -0.0967. The highest BCUT2D eigenvalue weighted by atomic mass is 16.5. The van der Waals surface area contributed by atoms with Crippen LogP contribution in [0.2, 0.25) is 0 Å². The molecule has 4 heteroatoms. The number of carbonyl (C=O) groups is 1. The molecule has 4 nitrogen and oxygen atoms in total. The summed E-state index contributed by atoms with van der Waals surface area (Å²) in [6.07, 6.45) is 6.06. The summed E-state index contributed by atoms with van der Waals surface area (Å²) in [5.41, 5.74) is 0. The molecule has 1 fully saturated rings. The molecule has 0 aromatic rings. The Balaban J connectivity index is 2.50. The van der Waals surface area contributed by atoms with E-state index >= 15 is 0 Å². The van der Waals surface area contributed by atoms with Crippen molar-refractivity contribution >= 4 is 5.97 Å². The number of rotatable bonds is 11. The third-order valence-electron chi connectivity index (χ3n) is 3.78. The Morgan fingerprint density at radius 1 is 1.30 bits per heavy atom. The van der Waals surface area contributed by atoms with Crippen LogP contribution in [0.5, 0.6) is 0 Å². The van der Waals surface area contributed by atoms with Gasteiger partial charge in [-0.15, -0.1) is 0 Å². The van der Waals surface area contributed by atoms with Gasteiger partial charge in [-0.3, -0.25) is 9.69 Å². The Morgan fingerprint density at radius 3 is 2.50 bits per heavy atom. The maximum atomic E-state index is 12.1. The molecule has 118 valence electrons. The predicted molar refractivity (Wildman–Crippen MR) is 82.8 cm³/mol. The largest absolute Gasteiger partial charge is 0.465 e. The maximum Gasteiger partial charge on any atom is 0.324 e. The lowest BCUT2D eigenvalue weighted by molar-refractivity contribution is -0.146. The van der Waals surface area contributed by atoms with Crippen molar-refractivity contribution in [2.75, 3.05) is 19.7 Å². The number of nitrogens with zero attached hydrogens (tertiary/aromatic N) is 1. The molecule has 1 unspecified atom stereocenters. The Morgan fingerprint density at radius 2 is 2.00 bits per heavy atom. The second kappa shape index (κ2) is 9.35. The first kappa shape index (κ1) is 17.4. The molecular formula is C16H32N2O2. The Bertz CT molecular complexity index is 278. The van der Waals surface area contributed by atoms with Gasteiger partial charge in [-0.2, -0.15) is 0 Å². The Labute approximate surface area is 124 Å². The summed E-state index contributed by atoms with van der Waals surface area (Å²) >= 11 is 0. The molecule has 20 heavy (non-hydrogen) atoms. The fourth-order valence-corrected chi connectivity index (χ4v) is 2.33. The van der Waals surface area contributed by atoms with Gasteiger partial charge in [-0.1, -0.05) is 19.8 Å². The van der Waals surface area contributed by atoms with Gasteiger partial charge in [0, 0.05) is 18.6 Å². The molecular weight excluding hydrogens is 252 g/mol. The maximum absolute atomic E-state index is 12.1. The van der Waals surface area contributed by atoms with Crippen LogP contribution in [0.3, 0.4) is 0 Å². The Hall–Kier alpha value is -0.610. The van der Waals surface area contributed by atoms with E-state index in [1.54, 1.807) is 0 Å². The molecule has 1 atom stereocenters. The quantitative estimate of drug-likeness (QED) is 0.468. The number of ether oxygens (including phenoxy) is 1. The minimum Gasteiger partial charge on any atom is -0.465 e. The van der Waals surface area contributed by atoms with E-state index in [4.69, 9.17) is 4.74 Å². The molecule has 0 saturated heterocycles. The van der Waals surface area contributed by atoms with Crippen molar-refractivity contribution in [3.05, 3.63) is 0 Å². The molecule has 0 bridgehead atoms. The third kappa shape index (κ3) is 6.71. The van der Waals surface area contributed by atoms with Gasteiger partial charge in [0.1, 0.15) is 6.04 Å². The van der Waals surface area contributed by atoms with Crippen LogP contribution in [0.1, 0.15) is 59.8 Å². The lowest BCUT2D eigenvalue weighted by Crippen LogP contribution is -2.49. The SMILES string of the molecule is CCCCCN(CC(NC1CC1)C(=O)OCC)C(C)C. The number of hydrogen-bond acceptors (Lipinski definition) is 4. The number of unbranched alkanes of at least 4 members (excludes halogenated alkanes) is 2. The summed E-state index contributed by atoms with van der Waals surface area (Å²) in [6, 6.07) is 0.810. The highest BCUT2D eigenvalue weighted by Gasteiger charge is 2.30. The van der Waals surface area contributed by atoms with Crippen LogP contribution < -0.4 is 5.32 Å². The fraction of sp³-hybridized carbons (Fsp3) is 0.938. The topological polar surface area (TPSA) is 41.6 Å². The van der Waals surface area contributed by atoms with Crippen molar-refractivity contribution in [1.82, 2.24) is 10.2 Å². The molecule has 0 spiro atoms. The summed E-state index contributed by atoms with van der Waals surface area (Å²) < 4.78 is 5.21. The van der Waals surface area contributed by atoms with Crippen LogP contribution in [0.15, 0.2) is 0 Å². The average molecular weight is 284 g/mol. The number of nitrogens with one attached hydrogen (secondary N) is 1. The van der Waals surface area contributed by atoms with Crippen LogP contribution in [-0.2, 0) is 9.53 Å². The van der Waals surface area contributed by atoms with Crippen molar-refractivity contribution in [2.24, 2.45) is 0 Å². The molecule has 0 aromatic heterocycles. The molecule has 1 aliphatic carbocycles. The van der Waals surface area contributed by atoms with Crippen molar-refractivity contribution in [1.29, 1.82) is 0 Å². The third-order valence-corrected chi connectivity index (χ3v) is 3.78. The monoisotopic (exact) mass is 284 g/mol. The first-order valence-electron chi connectivity index (χ1n) is 8.25. The van der Waals surface area contributed by atoms with E-state index in [0.29, 0.717) is 18.7 Å². The van der Waals surface area contributed by atoms with Crippen LogP contribution in [0.4, 0.5) is 0 Å². The molecule has 0 amide bonds. The first-order valence-corrected chi connectivity index (χ1v) is 8.25. The molecule has 0 aromatic carbocycles. The van der Waals surface area contributed by atoms with Crippen molar-refractivity contribution in [3.8, 4) is 0 Å². The zero-order chi connectivity index (χ0) is 15.0. The molecule has 0 radical (unpaired) electrons. The molecule has 1 N–H and O–H groups in total. The second-order valence-electron chi connectivity index (χ2n) is 6.04. The summed E-state index contributed by atoms with van der Waals surface area (Å²) in [6.45, 7) is 10.8. The summed E-state index contributed by atoms with van der Waals surface area (Å²) in [7, 11) is 0. The van der Waals surface area contributed by atoms with E-state index in [1.807, 2.05) is 6.92 Å². The molecule has 1 saturated carbocycles. The van der Waals surface area contributed by atoms with Gasteiger partial charge >= 0.3 is 5.97 Å². The van der Waals surface area contributed by atoms with E-state index in [0.717, 1.165) is 13.1 Å². The first-order chi connectivity index (χ1) is 9.58. The van der Waals surface area contributed by atoms with Crippen molar-refractivity contribution in [3.63, 3.8) is 0 Å². The zero-order valence-electron chi connectivity index (χ0n) is 13.7. The molecule has 1 aliphatic rings. The number of hydrogen-bond donors (Lipinski definition) is 1. The smallest absolute Gasteiger partial charge is 0.324 e. The van der Waals surface area contributed by atoms with E-state index in [9.17, 15) is 4.79 Å². The predicted octanol–water partition coefficient (Wildman–Crippen LogP) is 2.57. The fourth-order valence-electron chi connectivity index (χ4n) is 2.33. The summed E-state index contributed by atoms with van der Waals surface area (Å²) in [5, 5.41) is 3.44. The van der Waals surface area contributed by atoms with Crippen LogP contribution in [0.25, 0.3) is 0 Å².